The van der Waals surface area contributed by atoms with Crippen molar-refractivity contribution in [2.24, 2.45) is 0 Å². The number of rotatable bonds is 2. The van der Waals surface area contributed by atoms with Crippen LogP contribution in [-0.2, 0) is 6.42 Å². The van der Waals surface area contributed by atoms with E-state index in [1.165, 1.54) is 27.6 Å². The SMILES string of the molecule is Cc1ccc2c(CC3CNCCN3C)c(Br)[nH]c2c1C. The van der Waals surface area contributed by atoms with Crippen LogP contribution in [0.25, 0.3) is 10.9 Å². The smallest absolute Gasteiger partial charge is 0.0864 e. The molecule has 108 valence electrons. The third-order valence-electron chi connectivity index (χ3n) is 4.65. The van der Waals surface area contributed by atoms with Crippen molar-refractivity contribution in [1.29, 1.82) is 0 Å². The molecule has 2 aromatic rings. The van der Waals surface area contributed by atoms with Gasteiger partial charge in [-0.25, -0.2) is 0 Å². The average Bonchev–Trinajstić information content (AvgIpc) is 2.74. The monoisotopic (exact) mass is 335 g/mol. The van der Waals surface area contributed by atoms with Crippen molar-refractivity contribution in [3.8, 4) is 0 Å². The van der Waals surface area contributed by atoms with Crippen molar-refractivity contribution in [1.82, 2.24) is 15.2 Å². The third-order valence-corrected chi connectivity index (χ3v) is 5.32. The minimum absolute atomic E-state index is 0.570. The van der Waals surface area contributed by atoms with Gasteiger partial charge in [0.2, 0.25) is 0 Å². The highest BCUT2D eigenvalue weighted by atomic mass is 79.9. The molecule has 0 radical (unpaired) electrons. The lowest BCUT2D eigenvalue weighted by Gasteiger charge is -2.33. The number of fused-ring (bicyclic) bond motifs is 1. The Hall–Kier alpha value is -0.840. The van der Waals surface area contributed by atoms with Crippen LogP contribution in [0.3, 0.4) is 0 Å². The molecule has 2 N–H and O–H groups in total. The zero-order valence-corrected chi connectivity index (χ0v) is 14.0. The molecule has 1 aromatic carbocycles. The number of nitrogens with zero attached hydrogens (tertiary/aromatic N) is 1. The third kappa shape index (κ3) is 2.41. The Morgan fingerprint density at radius 1 is 1.35 bits per heavy atom. The molecule has 3 rings (SSSR count). The maximum absolute atomic E-state index is 3.72. The van der Waals surface area contributed by atoms with E-state index in [1.54, 1.807) is 0 Å². The lowest BCUT2D eigenvalue weighted by molar-refractivity contribution is 0.199. The second kappa shape index (κ2) is 5.51. The van der Waals surface area contributed by atoms with E-state index < -0.39 is 0 Å². The first-order chi connectivity index (χ1) is 9.58. The summed E-state index contributed by atoms with van der Waals surface area (Å²) < 4.78 is 1.14. The largest absolute Gasteiger partial charge is 0.349 e. The number of aryl methyl sites for hydroxylation is 2. The molecule has 1 fully saturated rings. The van der Waals surface area contributed by atoms with Crippen LogP contribution in [0.2, 0.25) is 0 Å². The molecule has 2 heterocycles. The summed E-state index contributed by atoms with van der Waals surface area (Å²) in [6.07, 6.45) is 1.08. The molecule has 1 unspecified atom stereocenters. The molecule has 3 nitrogen and oxygen atoms in total. The number of halogens is 1. The van der Waals surface area contributed by atoms with Crippen LogP contribution in [0.4, 0.5) is 0 Å². The zero-order chi connectivity index (χ0) is 14.3. The Labute approximate surface area is 128 Å². The van der Waals surface area contributed by atoms with E-state index in [2.05, 4.69) is 64.2 Å². The summed E-state index contributed by atoms with van der Waals surface area (Å²) in [5.74, 6) is 0. The maximum atomic E-state index is 3.72. The van der Waals surface area contributed by atoms with Crippen molar-refractivity contribution in [3.63, 3.8) is 0 Å². The normalized spacial score (nSPS) is 20.7. The molecule has 1 atom stereocenters. The number of likely N-dealkylation sites (N-methyl/N-ethyl adjacent to an activating group) is 1. The Balaban J connectivity index is 1.99. The standard InChI is InChI=1S/C16H22BrN3/c1-10-4-5-13-14(16(17)19-15(13)11(10)2)8-12-9-18-6-7-20(12)3/h4-5,12,18-19H,6-9H2,1-3H3. The van der Waals surface area contributed by atoms with E-state index in [1.807, 2.05) is 0 Å². The second-order valence-electron chi connectivity index (χ2n) is 5.89. The molecule has 0 spiro atoms. The first-order valence-corrected chi connectivity index (χ1v) is 8.04. The minimum Gasteiger partial charge on any atom is -0.349 e. The van der Waals surface area contributed by atoms with Crippen LogP contribution >= 0.6 is 15.9 Å². The van der Waals surface area contributed by atoms with Crippen molar-refractivity contribution >= 4 is 26.8 Å². The molecule has 0 saturated carbocycles. The second-order valence-corrected chi connectivity index (χ2v) is 6.68. The van der Waals surface area contributed by atoms with Gasteiger partial charge >= 0.3 is 0 Å². The number of piperazine rings is 1. The van der Waals surface area contributed by atoms with Gasteiger partial charge in [0, 0.05) is 36.6 Å². The zero-order valence-electron chi connectivity index (χ0n) is 12.4. The van der Waals surface area contributed by atoms with Gasteiger partial charge in [0.15, 0.2) is 0 Å². The number of aromatic amines is 1. The van der Waals surface area contributed by atoms with Crippen LogP contribution in [0, 0.1) is 13.8 Å². The summed E-state index contributed by atoms with van der Waals surface area (Å²) in [6.45, 7) is 7.66. The maximum Gasteiger partial charge on any atom is 0.0864 e. The predicted molar refractivity (Wildman–Crippen MR) is 88.5 cm³/mol. The van der Waals surface area contributed by atoms with E-state index >= 15 is 0 Å². The molecule has 0 amide bonds. The summed E-state index contributed by atoms with van der Waals surface area (Å²) >= 11 is 3.72. The van der Waals surface area contributed by atoms with Gasteiger partial charge in [-0.15, -0.1) is 0 Å². The Kier molecular flexibility index (Phi) is 3.89. The molecule has 1 aromatic heterocycles. The number of nitrogens with one attached hydrogen (secondary N) is 2. The molecular weight excluding hydrogens is 314 g/mol. The van der Waals surface area contributed by atoms with Crippen LogP contribution in [-0.4, -0.2) is 42.6 Å². The Morgan fingerprint density at radius 2 is 2.15 bits per heavy atom. The van der Waals surface area contributed by atoms with E-state index in [4.69, 9.17) is 0 Å². The Bertz CT molecular complexity index is 632. The van der Waals surface area contributed by atoms with Gasteiger partial charge in [-0.05, 0) is 59.9 Å². The topological polar surface area (TPSA) is 31.1 Å². The number of H-pyrrole nitrogens is 1. The molecule has 0 bridgehead atoms. The van der Waals surface area contributed by atoms with Crippen LogP contribution in [0.15, 0.2) is 16.7 Å². The fourth-order valence-electron chi connectivity index (χ4n) is 3.06. The average molecular weight is 336 g/mol. The van der Waals surface area contributed by atoms with E-state index in [9.17, 15) is 0 Å². The van der Waals surface area contributed by atoms with E-state index in [0.29, 0.717) is 6.04 Å². The minimum atomic E-state index is 0.570. The van der Waals surface area contributed by atoms with Crippen LogP contribution < -0.4 is 5.32 Å². The summed E-state index contributed by atoms with van der Waals surface area (Å²) in [6, 6.07) is 5.05. The molecule has 1 aliphatic heterocycles. The number of hydrogen-bond acceptors (Lipinski definition) is 2. The quantitative estimate of drug-likeness (QED) is 0.883. The van der Waals surface area contributed by atoms with Crippen molar-refractivity contribution < 1.29 is 0 Å². The first-order valence-electron chi connectivity index (χ1n) is 7.25. The summed E-state index contributed by atoms with van der Waals surface area (Å²) in [5.41, 5.74) is 5.38. The number of hydrogen-bond donors (Lipinski definition) is 2. The summed E-state index contributed by atoms with van der Waals surface area (Å²) in [4.78, 5) is 5.98. The van der Waals surface area contributed by atoms with Gasteiger partial charge in [0.25, 0.3) is 0 Å². The highest BCUT2D eigenvalue weighted by molar-refractivity contribution is 9.10. The van der Waals surface area contributed by atoms with E-state index in [-0.39, 0.29) is 0 Å². The highest BCUT2D eigenvalue weighted by Gasteiger charge is 2.22. The lowest BCUT2D eigenvalue weighted by Crippen LogP contribution is -2.50. The molecule has 20 heavy (non-hydrogen) atoms. The summed E-state index contributed by atoms with van der Waals surface area (Å²) in [5, 5.41) is 4.86. The van der Waals surface area contributed by atoms with Gasteiger partial charge in [0.05, 0.1) is 4.60 Å². The fraction of sp³-hybridized carbons (Fsp3) is 0.500. The molecule has 1 aliphatic rings. The van der Waals surface area contributed by atoms with Crippen LogP contribution in [0.1, 0.15) is 16.7 Å². The molecule has 1 saturated heterocycles. The molecular formula is C16H22BrN3. The van der Waals surface area contributed by atoms with Gasteiger partial charge in [-0.3, -0.25) is 0 Å². The van der Waals surface area contributed by atoms with Gasteiger partial charge < -0.3 is 15.2 Å². The first kappa shape index (κ1) is 14.1. The Morgan fingerprint density at radius 3 is 2.90 bits per heavy atom. The van der Waals surface area contributed by atoms with Gasteiger partial charge in [0.1, 0.15) is 0 Å². The molecule has 0 aliphatic carbocycles. The molecule has 4 heteroatoms. The lowest BCUT2D eigenvalue weighted by atomic mass is 10.00. The van der Waals surface area contributed by atoms with Crippen molar-refractivity contribution in [3.05, 3.63) is 33.4 Å². The fourth-order valence-corrected chi connectivity index (χ4v) is 3.63. The van der Waals surface area contributed by atoms with E-state index in [0.717, 1.165) is 30.7 Å². The van der Waals surface area contributed by atoms with Crippen LogP contribution in [0.5, 0.6) is 0 Å². The number of aromatic nitrogens is 1. The van der Waals surface area contributed by atoms with Gasteiger partial charge in [-0.2, -0.15) is 0 Å². The summed E-state index contributed by atoms with van der Waals surface area (Å²) in [7, 11) is 2.23. The van der Waals surface area contributed by atoms with Gasteiger partial charge in [-0.1, -0.05) is 12.1 Å². The number of benzene rings is 1. The van der Waals surface area contributed by atoms with Crippen molar-refractivity contribution in [2.75, 3.05) is 26.7 Å². The predicted octanol–water partition coefficient (Wildman–Crippen LogP) is 2.99. The van der Waals surface area contributed by atoms with Crippen molar-refractivity contribution in [2.45, 2.75) is 26.3 Å². The highest BCUT2D eigenvalue weighted by Crippen LogP contribution is 2.31.